The zero-order valence-corrected chi connectivity index (χ0v) is 14.5. The van der Waals surface area contributed by atoms with Crippen molar-refractivity contribution in [2.45, 2.75) is 6.54 Å². The lowest BCUT2D eigenvalue weighted by Gasteiger charge is -2.18. The van der Waals surface area contributed by atoms with Gasteiger partial charge in [0.25, 0.3) is 5.91 Å². The Morgan fingerprint density at radius 3 is 2.76 bits per heavy atom. The van der Waals surface area contributed by atoms with Crippen molar-refractivity contribution < 1.29 is 13.9 Å². The quantitative estimate of drug-likeness (QED) is 0.698. The summed E-state index contributed by atoms with van der Waals surface area (Å²) in [4.78, 5) is 18.4. The first kappa shape index (κ1) is 17.2. The summed E-state index contributed by atoms with van der Waals surface area (Å²) in [5, 5.41) is 1.16. The lowest BCUT2D eigenvalue weighted by atomic mass is 10.1. The molecule has 128 valence electrons. The summed E-state index contributed by atoms with van der Waals surface area (Å²) in [5.41, 5.74) is 1.25. The summed E-state index contributed by atoms with van der Waals surface area (Å²) >= 11 is 6.03. The van der Waals surface area contributed by atoms with Crippen molar-refractivity contribution in [3.8, 4) is 5.75 Å². The second kappa shape index (κ2) is 7.07. The van der Waals surface area contributed by atoms with Crippen molar-refractivity contribution in [1.29, 1.82) is 0 Å². The predicted molar refractivity (Wildman–Crippen MR) is 95.5 cm³/mol. The summed E-state index contributed by atoms with van der Waals surface area (Å²) < 4.78 is 19.1. The first-order valence-electron chi connectivity index (χ1n) is 7.63. The molecule has 0 atom stereocenters. The van der Waals surface area contributed by atoms with Gasteiger partial charge in [0, 0.05) is 23.0 Å². The van der Waals surface area contributed by atoms with E-state index in [2.05, 4.69) is 4.98 Å². The minimum atomic E-state index is -0.439. The molecular formula is C19H16ClFN2O2. The van der Waals surface area contributed by atoms with Gasteiger partial charge in [-0.25, -0.2) is 9.37 Å². The molecule has 0 N–H and O–H groups in total. The van der Waals surface area contributed by atoms with E-state index < -0.39 is 5.82 Å². The van der Waals surface area contributed by atoms with Gasteiger partial charge in [-0.05, 0) is 36.4 Å². The molecule has 1 aromatic heterocycles. The molecule has 25 heavy (non-hydrogen) atoms. The monoisotopic (exact) mass is 358 g/mol. The number of nitrogens with zero attached hydrogens (tertiary/aromatic N) is 2. The van der Waals surface area contributed by atoms with Crippen LogP contribution >= 0.6 is 11.6 Å². The van der Waals surface area contributed by atoms with Gasteiger partial charge in [0.05, 0.1) is 19.2 Å². The molecule has 0 bridgehead atoms. The van der Waals surface area contributed by atoms with Crippen LogP contribution in [-0.4, -0.2) is 29.9 Å². The molecule has 4 nitrogen and oxygen atoms in total. The van der Waals surface area contributed by atoms with E-state index in [9.17, 15) is 9.18 Å². The number of ether oxygens (including phenoxy) is 1. The van der Waals surface area contributed by atoms with E-state index in [1.807, 2.05) is 12.1 Å². The smallest absolute Gasteiger partial charge is 0.272 e. The third kappa shape index (κ3) is 3.56. The van der Waals surface area contributed by atoms with E-state index >= 15 is 0 Å². The maximum absolute atomic E-state index is 13.9. The summed E-state index contributed by atoms with van der Waals surface area (Å²) in [6.45, 7) is 0.0622. The van der Waals surface area contributed by atoms with Crippen molar-refractivity contribution in [2.75, 3.05) is 14.2 Å². The fraction of sp³-hybridized carbons (Fsp3) is 0.158. The molecular weight excluding hydrogens is 343 g/mol. The Kier molecular flexibility index (Phi) is 4.86. The summed E-state index contributed by atoms with van der Waals surface area (Å²) in [7, 11) is 3.18. The van der Waals surface area contributed by atoms with Crippen LogP contribution in [0.2, 0.25) is 5.02 Å². The normalized spacial score (nSPS) is 10.7. The maximum atomic E-state index is 13.9. The molecule has 1 heterocycles. The Balaban J connectivity index is 1.85. The number of rotatable bonds is 4. The highest BCUT2D eigenvalue weighted by Crippen LogP contribution is 2.22. The standard InChI is InChI=1S/C19H16ClFN2O2/c1-23(11-14-15(20)4-3-5-16(14)21)19(24)18-8-6-12-10-13(25-2)7-9-17(12)22-18/h3-10H,11H2,1-2H3. The Morgan fingerprint density at radius 2 is 2.04 bits per heavy atom. The van der Waals surface area contributed by atoms with Crippen LogP contribution in [0.5, 0.6) is 5.75 Å². The predicted octanol–water partition coefficient (Wildman–Crippen LogP) is 4.31. The van der Waals surface area contributed by atoms with Gasteiger partial charge < -0.3 is 9.64 Å². The van der Waals surface area contributed by atoms with Gasteiger partial charge in [0.1, 0.15) is 17.3 Å². The number of pyridine rings is 1. The van der Waals surface area contributed by atoms with Crippen LogP contribution in [0.15, 0.2) is 48.5 Å². The van der Waals surface area contributed by atoms with Gasteiger partial charge >= 0.3 is 0 Å². The molecule has 1 amide bonds. The molecule has 0 fully saturated rings. The van der Waals surface area contributed by atoms with Crippen molar-refractivity contribution in [3.05, 3.63) is 70.6 Å². The minimum Gasteiger partial charge on any atom is -0.497 e. The number of hydrogen-bond acceptors (Lipinski definition) is 3. The molecule has 0 aliphatic rings. The fourth-order valence-electron chi connectivity index (χ4n) is 2.54. The number of carbonyl (C=O) groups excluding carboxylic acids is 1. The van der Waals surface area contributed by atoms with Gasteiger partial charge in [-0.3, -0.25) is 4.79 Å². The first-order valence-corrected chi connectivity index (χ1v) is 8.00. The first-order chi connectivity index (χ1) is 12.0. The van der Waals surface area contributed by atoms with E-state index in [4.69, 9.17) is 16.3 Å². The molecule has 0 radical (unpaired) electrons. The molecule has 2 aromatic carbocycles. The Labute approximate surface area is 149 Å². The zero-order valence-electron chi connectivity index (χ0n) is 13.8. The largest absolute Gasteiger partial charge is 0.497 e. The average Bonchev–Trinajstić information content (AvgIpc) is 2.63. The van der Waals surface area contributed by atoms with Gasteiger partial charge in [-0.15, -0.1) is 0 Å². The lowest BCUT2D eigenvalue weighted by molar-refractivity contribution is 0.0778. The molecule has 0 aliphatic heterocycles. The average molecular weight is 359 g/mol. The molecule has 0 saturated heterocycles. The number of benzene rings is 2. The van der Waals surface area contributed by atoms with Crippen molar-refractivity contribution in [2.24, 2.45) is 0 Å². The van der Waals surface area contributed by atoms with Crippen molar-refractivity contribution in [3.63, 3.8) is 0 Å². The van der Waals surface area contributed by atoms with Gasteiger partial charge in [-0.2, -0.15) is 0 Å². The van der Waals surface area contributed by atoms with E-state index in [0.717, 1.165) is 11.1 Å². The van der Waals surface area contributed by atoms with Crippen LogP contribution in [0.25, 0.3) is 10.9 Å². The number of halogens is 2. The number of hydrogen-bond donors (Lipinski definition) is 0. The van der Waals surface area contributed by atoms with Gasteiger partial charge in [0.2, 0.25) is 0 Å². The molecule has 0 unspecified atom stereocenters. The van der Waals surface area contributed by atoms with Crippen LogP contribution in [0.4, 0.5) is 4.39 Å². The fourth-order valence-corrected chi connectivity index (χ4v) is 2.76. The van der Waals surface area contributed by atoms with E-state index in [-0.39, 0.29) is 23.7 Å². The van der Waals surface area contributed by atoms with Crippen molar-refractivity contribution in [1.82, 2.24) is 9.88 Å². The molecule has 3 aromatic rings. The van der Waals surface area contributed by atoms with Crippen LogP contribution in [0.1, 0.15) is 16.1 Å². The van der Waals surface area contributed by atoms with Crippen molar-refractivity contribution >= 4 is 28.4 Å². The molecule has 0 saturated carbocycles. The second-order valence-electron chi connectivity index (χ2n) is 5.62. The van der Waals surface area contributed by atoms with E-state index in [1.54, 1.807) is 38.4 Å². The van der Waals surface area contributed by atoms with Crippen LogP contribution < -0.4 is 4.74 Å². The van der Waals surface area contributed by atoms with Crippen LogP contribution in [-0.2, 0) is 6.54 Å². The topological polar surface area (TPSA) is 42.4 Å². The molecule has 0 aliphatic carbocycles. The third-order valence-electron chi connectivity index (χ3n) is 3.92. The highest BCUT2D eigenvalue weighted by Gasteiger charge is 2.17. The molecule has 3 rings (SSSR count). The Bertz CT molecular complexity index is 926. The van der Waals surface area contributed by atoms with Crippen LogP contribution in [0.3, 0.4) is 0 Å². The highest BCUT2D eigenvalue weighted by atomic mass is 35.5. The van der Waals surface area contributed by atoms with Gasteiger partial charge in [0.15, 0.2) is 0 Å². The summed E-state index contributed by atoms with van der Waals surface area (Å²) in [5.74, 6) is -0.0255. The van der Waals surface area contributed by atoms with Crippen LogP contribution in [0, 0.1) is 5.82 Å². The number of amides is 1. The third-order valence-corrected chi connectivity index (χ3v) is 4.27. The SMILES string of the molecule is COc1ccc2nc(C(=O)N(C)Cc3c(F)cccc3Cl)ccc2c1. The Hall–Kier alpha value is -2.66. The number of fused-ring (bicyclic) bond motifs is 1. The highest BCUT2D eigenvalue weighted by molar-refractivity contribution is 6.31. The summed E-state index contributed by atoms with van der Waals surface area (Å²) in [6.07, 6.45) is 0. The second-order valence-corrected chi connectivity index (χ2v) is 6.02. The number of methoxy groups -OCH3 is 1. The maximum Gasteiger partial charge on any atom is 0.272 e. The Morgan fingerprint density at radius 1 is 1.24 bits per heavy atom. The zero-order chi connectivity index (χ0) is 18.0. The molecule has 6 heteroatoms. The lowest BCUT2D eigenvalue weighted by Crippen LogP contribution is -2.27. The van der Waals surface area contributed by atoms with E-state index in [1.165, 1.54) is 17.0 Å². The molecule has 0 spiro atoms. The van der Waals surface area contributed by atoms with Gasteiger partial charge in [-0.1, -0.05) is 23.7 Å². The van der Waals surface area contributed by atoms with E-state index in [0.29, 0.717) is 10.5 Å². The minimum absolute atomic E-state index is 0.0622. The number of carbonyl (C=O) groups is 1. The summed E-state index contributed by atoms with van der Waals surface area (Å²) in [6, 6.07) is 13.3. The number of aromatic nitrogens is 1.